The molecule has 2 rings (SSSR count). The summed E-state index contributed by atoms with van der Waals surface area (Å²) in [6, 6.07) is 10.5. The van der Waals surface area contributed by atoms with Gasteiger partial charge in [0, 0.05) is 14.3 Å². The van der Waals surface area contributed by atoms with Gasteiger partial charge < -0.3 is 4.74 Å². The third-order valence-corrected chi connectivity index (χ3v) is 5.64. The van der Waals surface area contributed by atoms with Crippen LogP contribution in [0.1, 0.15) is 5.56 Å². The van der Waals surface area contributed by atoms with Crippen LogP contribution in [0.3, 0.4) is 0 Å². The topological polar surface area (TPSA) is 43.4 Å². The van der Waals surface area contributed by atoms with Gasteiger partial charge in [-0.05, 0) is 52.4 Å². The Labute approximate surface area is 150 Å². The maximum atomic E-state index is 11.3. The van der Waals surface area contributed by atoms with Gasteiger partial charge in [-0.2, -0.15) is 0 Å². The van der Waals surface area contributed by atoms with Crippen LogP contribution in [0.15, 0.2) is 41.3 Å². The van der Waals surface area contributed by atoms with Crippen LogP contribution in [0.5, 0.6) is 5.75 Å². The van der Waals surface area contributed by atoms with Crippen molar-refractivity contribution in [3.05, 3.63) is 55.6 Å². The van der Waals surface area contributed by atoms with Gasteiger partial charge in [-0.25, -0.2) is 8.42 Å². The van der Waals surface area contributed by atoms with E-state index in [1.807, 2.05) is 24.3 Å². The maximum absolute atomic E-state index is 11.3. The summed E-state index contributed by atoms with van der Waals surface area (Å²) in [6.07, 6.45) is 0. The van der Waals surface area contributed by atoms with Crippen molar-refractivity contribution >= 4 is 65.5 Å². The second kappa shape index (κ2) is 6.91. The number of benzene rings is 2. The van der Waals surface area contributed by atoms with Crippen molar-refractivity contribution in [1.82, 2.24) is 0 Å². The standard InChI is InChI=1S/C13H8Cl3IO3S/c14-12-10(5-6-11(13(12)15)21(16,18)19)20-7-8-1-3-9(17)4-2-8/h1-6H,7H2. The van der Waals surface area contributed by atoms with Crippen LogP contribution >= 0.6 is 56.5 Å². The van der Waals surface area contributed by atoms with E-state index in [9.17, 15) is 8.42 Å². The Hall–Kier alpha value is -0.210. The molecule has 112 valence electrons. The molecule has 0 saturated carbocycles. The maximum Gasteiger partial charge on any atom is 0.262 e. The summed E-state index contributed by atoms with van der Waals surface area (Å²) in [6.45, 7) is 0.292. The highest BCUT2D eigenvalue weighted by molar-refractivity contribution is 14.1. The van der Waals surface area contributed by atoms with Crippen molar-refractivity contribution in [2.24, 2.45) is 0 Å². The van der Waals surface area contributed by atoms with E-state index in [-0.39, 0.29) is 14.9 Å². The van der Waals surface area contributed by atoms with Gasteiger partial charge in [0.25, 0.3) is 9.05 Å². The molecule has 0 aliphatic rings. The Morgan fingerprint density at radius 1 is 1.00 bits per heavy atom. The van der Waals surface area contributed by atoms with Gasteiger partial charge in [-0.1, -0.05) is 35.3 Å². The molecule has 3 nitrogen and oxygen atoms in total. The van der Waals surface area contributed by atoms with Crippen molar-refractivity contribution in [2.75, 3.05) is 0 Å². The molecular formula is C13H8Cl3IO3S. The van der Waals surface area contributed by atoms with Crippen molar-refractivity contribution < 1.29 is 13.2 Å². The van der Waals surface area contributed by atoms with Crippen LogP contribution in [0.4, 0.5) is 0 Å². The first-order valence-electron chi connectivity index (χ1n) is 5.59. The lowest BCUT2D eigenvalue weighted by Gasteiger charge is -2.11. The van der Waals surface area contributed by atoms with Gasteiger partial charge in [0.1, 0.15) is 22.3 Å². The van der Waals surface area contributed by atoms with Crippen LogP contribution in [-0.2, 0) is 15.7 Å². The first-order valence-corrected chi connectivity index (χ1v) is 9.73. The van der Waals surface area contributed by atoms with E-state index in [1.165, 1.54) is 12.1 Å². The van der Waals surface area contributed by atoms with Crippen LogP contribution in [-0.4, -0.2) is 8.42 Å². The molecule has 0 bridgehead atoms. The molecule has 21 heavy (non-hydrogen) atoms. The monoisotopic (exact) mass is 476 g/mol. The smallest absolute Gasteiger partial charge is 0.262 e. The van der Waals surface area contributed by atoms with E-state index >= 15 is 0 Å². The van der Waals surface area contributed by atoms with Crippen molar-refractivity contribution in [3.63, 3.8) is 0 Å². The number of hydrogen-bond donors (Lipinski definition) is 0. The van der Waals surface area contributed by atoms with Crippen LogP contribution in [0.2, 0.25) is 10.0 Å². The van der Waals surface area contributed by atoms with Gasteiger partial charge in [0.15, 0.2) is 0 Å². The molecule has 0 aromatic heterocycles. The first-order chi connectivity index (χ1) is 9.79. The SMILES string of the molecule is O=S(=O)(Cl)c1ccc(OCc2ccc(I)cc2)c(Cl)c1Cl. The summed E-state index contributed by atoms with van der Waals surface area (Å²) in [7, 11) is 1.32. The Kier molecular flexibility index (Phi) is 5.65. The minimum atomic E-state index is -3.95. The second-order valence-corrected chi connectivity index (χ2v) is 8.58. The van der Waals surface area contributed by atoms with Crippen molar-refractivity contribution in [2.45, 2.75) is 11.5 Å². The molecule has 0 fully saturated rings. The third kappa shape index (κ3) is 4.39. The summed E-state index contributed by atoms with van der Waals surface area (Å²) in [5, 5.41) is -0.129. The lowest BCUT2D eigenvalue weighted by molar-refractivity contribution is 0.306. The van der Waals surface area contributed by atoms with E-state index in [0.717, 1.165) is 9.13 Å². The van der Waals surface area contributed by atoms with Crippen molar-refractivity contribution in [3.8, 4) is 5.75 Å². The summed E-state index contributed by atoms with van der Waals surface area (Å²) in [5.41, 5.74) is 0.955. The lowest BCUT2D eigenvalue weighted by atomic mass is 10.2. The predicted molar refractivity (Wildman–Crippen MR) is 93.0 cm³/mol. The molecule has 8 heteroatoms. The average Bonchev–Trinajstić information content (AvgIpc) is 2.41. The molecule has 0 spiro atoms. The van der Waals surface area contributed by atoms with Crippen LogP contribution < -0.4 is 4.74 Å². The fourth-order valence-corrected chi connectivity index (χ4v) is 3.70. The van der Waals surface area contributed by atoms with E-state index in [2.05, 4.69) is 22.6 Å². The molecule has 0 amide bonds. The highest BCUT2D eigenvalue weighted by Crippen LogP contribution is 2.38. The summed E-state index contributed by atoms with van der Waals surface area (Å²) in [4.78, 5) is -0.238. The summed E-state index contributed by atoms with van der Waals surface area (Å²) in [5.74, 6) is 0.296. The largest absolute Gasteiger partial charge is 0.487 e. The first kappa shape index (κ1) is 17.1. The van der Waals surface area contributed by atoms with E-state index in [0.29, 0.717) is 12.4 Å². The molecule has 2 aromatic rings. The molecule has 0 radical (unpaired) electrons. The average molecular weight is 478 g/mol. The Morgan fingerprint density at radius 3 is 2.19 bits per heavy atom. The van der Waals surface area contributed by atoms with Crippen molar-refractivity contribution in [1.29, 1.82) is 0 Å². The Bertz CT molecular complexity index is 761. The lowest BCUT2D eigenvalue weighted by Crippen LogP contribution is -1.98. The highest BCUT2D eigenvalue weighted by atomic mass is 127. The molecule has 0 saturated heterocycles. The van der Waals surface area contributed by atoms with E-state index < -0.39 is 9.05 Å². The van der Waals surface area contributed by atoms with E-state index in [1.54, 1.807) is 0 Å². The Balaban J connectivity index is 2.22. The van der Waals surface area contributed by atoms with Gasteiger partial charge in [0.2, 0.25) is 0 Å². The van der Waals surface area contributed by atoms with Gasteiger partial charge in [-0.15, -0.1) is 0 Å². The van der Waals surface area contributed by atoms with Crippen LogP contribution in [0, 0.1) is 3.57 Å². The van der Waals surface area contributed by atoms with Gasteiger partial charge in [0.05, 0.1) is 5.02 Å². The molecule has 0 atom stereocenters. The van der Waals surface area contributed by atoms with E-state index in [4.69, 9.17) is 38.6 Å². The molecule has 0 heterocycles. The summed E-state index contributed by atoms with van der Waals surface area (Å²) >= 11 is 14.1. The number of halogens is 4. The second-order valence-electron chi connectivity index (χ2n) is 4.04. The predicted octanol–water partition coefficient (Wildman–Crippen LogP) is 5.10. The molecule has 2 aromatic carbocycles. The molecule has 0 aliphatic carbocycles. The third-order valence-electron chi connectivity index (χ3n) is 2.58. The number of hydrogen-bond acceptors (Lipinski definition) is 3. The normalized spacial score (nSPS) is 11.4. The molecule has 0 unspecified atom stereocenters. The highest BCUT2D eigenvalue weighted by Gasteiger charge is 2.19. The zero-order valence-corrected chi connectivity index (χ0v) is 15.6. The van der Waals surface area contributed by atoms with Gasteiger partial charge in [-0.3, -0.25) is 0 Å². The molecular weight excluding hydrogens is 469 g/mol. The molecule has 0 N–H and O–H groups in total. The summed E-state index contributed by atoms with van der Waals surface area (Å²) < 4.78 is 29.3. The number of ether oxygens (including phenoxy) is 1. The number of rotatable bonds is 4. The zero-order chi connectivity index (χ0) is 15.6. The minimum Gasteiger partial charge on any atom is -0.487 e. The fraction of sp³-hybridized carbons (Fsp3) is 0.0769. The zero-order valence-electron chi connectivity index (χ0n) is 10.3. The minimum absolute atomic E-state index is 0.0175. The molecule has 0 aliphatic heterocycles. The van der Waals surface area contributed by atoms with Crippen LogP contribution in [0.25, 0.3) is 0 Å². The fourth-order valence-electron chi connectivity index (χ4n) is 1.56. The van der Waals surface area contributed by atoms with Gasteiger partial charge >= 0.3 is 0 Å². The Morgan fingerprint density at radius 2 is 1.62 bits per heavy atom. The quantitative estimate of drug-likeness (QED) is 0.454.